The number of carbonyl (C=O) groups is 1. The van der Waals surface area contributed by atoms with Crippen molar-refractivity contribution < 1.29 is 4.79 Å². The second-order valence-corrected chi connectivity index (χ2v) is 7.10. The predicted octanol–water partition coefficient (Wildman–Crippen LogP) is 1.88. The molecule has 4 nitrogen and oxygen atoms in total. The molecule has 3 N–H and O–H groups in total. The number of hydrogen-bond acceptors (Lipinski definition) is 3. The van der Waals surface area contributed by atoms with Crippen molar-refractivity contribution in [1.29, 1.82) is 0 Å². The highest BCUT2D eigenvalue weighted by molar-refractivity contribution is 5.84. The van der Waals surface area contributed by atoms with E-state index in [1.165, 1.54) is 45.2 Å². The van der Waals surface area contributed by atoms with E-state index in [1.807, 2.05) is 6.92 Å². The summed E-state index contributed by atoms with van der Waals surface area (Å²) in [7, 11) is 0. The second-order valence-electron chi connectivity index (χ2n) is 7.10. The summed E-state index contributed by atoms with van der Waals surface area (Å²) in [6.07, 6.45) is 8.26. The van der Waals surface area contributed by atoms with Crippen LogP contribution in [0.5, 0.6) is 0 Å². The van der Waals surface area contributed by atoms with E-state index in [1.54, 1.807) is 0 Å². The topological polar surface area (TPSA) is 58.4 Å². The zero-order valence-corrected chi connectivity index (χ0v) is 13.2. The van der Waals surface area contributed by atoms with Crippen LogP contribution in [0.1, 0.15) is 58.8 Å². The number of carbonyl (C=O) groups excluding carboxylic acids is 1. The molecule has 116 valence electrons. The van der Waals surface area contributed by atoms with E-state index in [0.29, 0.717) is 6.04 Å². The first kappa shape index (κ1) is 15.8. The van der Waals surface area contributed by atoms with E-state index in [-0.39, 0.29) is 5.91 Å². The summed E-state index contributed by atoms with van der Waals surface area (Å²) < 4.78 is 0. The molecule has 2 rings (SSSR count). The van der Waals surface area contributed by atoms with Gasteiger partial charge in [-0.2, -0.15) is 0 Å². The minimum absolute atomic E-state index is 0.200. The molecule has 1 aliphatic carbocycles. The number of nitrogens with zero attached hydrogens (tertiary/aromatic N) is 1. The Morgan fingerprint density at radius 2 is 2.05 bits per heavy atom. The van der Waals surface area contributed by atoms with Crippen LogP contribution in [0, 0.1) is 5.92 Å². The summed E-state index contributed by atoms with van der Waals surface area (Å²) in [6, 6.07) is 0.520. The van der Waals surface area contributed by atoms with Crippen LogP contribution < -0.4 is 11.1 Å². The highest BCUT2D eigenvalue weighted by Gasteiger charge is 2.36. The van der Waals surface area contributed by atoms with Gasteiger partial charge in [0, 0.05) is 6.04 Å². The van der Waals surface area contributed by atoms with Gasteiger partial charge in [-0.1, -0.05) is 6.92 Å². The summed E-state index contributed by atoms with van der Waals surface area (Å²) in [4.78, 5) is 14.3. The van der Waals surface area contributed by atoms with Gasteiger partial charge >= 0.3 is 0 Å². The van der Waals surface area contributed by atoms with Gasteiger partial charge < -0.3 is 16.0 Å². The number of hydrogen-bond donors (Lipinski definition) is 2. The smallest absolute Gasteiger partial charge is 0.237 e. The molecule has 1 aliphatic heterocycles. The van der Waals surface area contributed by atoms with Gasteiger partial charge in [0.25, 0.3) is 0 Å². The van der Waals surface area contributed by atoms with Crippen molar-refractivity contribution in [1.82, 2.24) is 10.2 Å². The molecule has 4 heteroatoms. The predicted molar refractivity (Wildman–Crippen MR) is 82.4 cm³/mol. The van der Waals surface area contributed by atoms with Crippen LogP contribution in [0.25, 0.3) is 0 Å². The van der Waals surface area contributed by atoms with E-state index in [2.05, 4.69) is 17.1 Å². The lowest BCUT2D eigenvalue weighted by Crippen LogP contribution is -2.54. The molecule has 0 aromatic heterocycles. The Morgan fingerprint density at radius 3 is 2.70 bits per heavy atom. The first-order chi connectivity index (χ1) is 9.49. The van der Waals surface area contributed by atoms with Crippen molar-refractivity contribution in [2.75, 3.05) is 19.6 Å². The lowest BCUT2D eigenvalue weighted by molar-refractivity contribution is -0.124. The standard InChI is InChI=1S/C16H31N3O/c1-13-5-3-10-19(12-8-13)11-4-9-16(2,15(17)20)18-14-6-7-14/h13-14,18H,3-12H2,1-2H3,(H2,17,20). The molecule has 2 unspecified atom stereocenters. The minimum Gasteiger partial charge on any atom is -0.368 e. The summed E-state index contributed by atoms with van der Waals surface area (Å²) in [6.45, 7) is 7.85. The normalized spacial score (nSPS) is 27.8. The highest BCUT2D eigenvalue weighted by atomic mass is 16.1. The third-order valence-electron chi connectivity index (χ3n) is 4.90. The fourth-order valence-corrected chi connectivity index (χ4v) is 3.15. The van der Waals surface area contributed by atoms with Gasteiger partial charge in [0.2, 0.25) is 5.91 Å². The van der Waals surface area contributed by atoms with Crippen LogP contribution in [0.2, 0.25) is 0 Å². The van der Waals surface area contributed by atoms with Crippen molar-refractivity contribution in [3.63, 3.8) is 0 Å². The maximum atomic E-state index is 11.7. The molecule has 20 heavy (non-hydrogen) atoms. The van der Waals surface area contributed by atoms with Gasteiger partial charge in [0.05, 0.1) is 5.54 Å². The highest BCUT2D eigenvalue weighted by Crippen LogP contribution is 2.25. The Hall–Kier alpha value is -0.610. The summed E-state index contributed by atoms with van der Waals surface area (Å²) in [5.41, 5.74) is 5.08. The number of nitrogens with one attached hydrogen (secondary N) is 1. The zero-order valence-electron chi connectivity index (χ0n) is 13.2. The molecule has 2 atom stereocenters. The van der Waals surface area contributed by atoms with Gasteiger partial charge in [0.15, 0.2) is 0 Å². The third-order valence-corrected chi connectivity index (χ3v) is 4.90. The molecule has 0 bridgehead atoms. The molecule has 1 heterocycles. The zero-order chi connectivity index (χ0) is 14.6. The Kier molecular flexibility index (Phi) is 5.44. The largest absolute Gasteiger partial charge is 0.368 e. The first-order valence-electron chi connectivity index (χ1n) is 8.29. The van der Waals surface area contributed by atoms with Crippen LogP contribution in [0.4, 0.5) is 0 Å². The van der Waals surface area contributed by atoms with Gasteiger partial charge in [-0.15, -0.1) is 0 Å². The average Bonchev–Trinajstić information content (AvgIpc) is 3.19. The van der Waals surface area contributed by atoms with Crippen LogP contribution >= 0.6 is 0 Å². The second kappa shape index (κ2) is 6.90. The van der Waals surface area contributed by atoms with Gasteiger partial charge in [0.1, 0.15) is 0 Å². The number of amides is 1. The number of likely N-dealkylation sites (tertiary alicyclic amines) is 1. The fraction of sp³-hybridized carbons (Fsp3) is 0.938. The molecule has 2 aliphatic rings. The Morgan fingerprint density at radius 1 is 1.30 bits per heavy atom. The number of nitrogens with two attached hydrogens (primary N) is 1. The Balaban J connectivity index is 1.73. The Bertz CT molecular complexity index is 330. The molecule has 0 spiro atoms. The molecule has 2 fully saturated rings. The molecule has 0 radical (unpaired) electrons. The quantitative estimate of drug-likeness (QED) is 0.749. The van der Waals surface area contributed by atoms with Crippen LogP contribution in [-0.2, 0) is 4.79 Å². The van der Waals surface area contributed by atoms with Crippen molar-refractivity contribution in [2.45, 2.75) is 70.4 Å². The maximum Gasteiger partial charge on any atom is 0.237 e. The summed E-state index contributed by atoms with van der Waals surface area (Å²) in [5.74, 6) is 0.668. The summed E-state index contributed by atoms with van der Waals surface area (Å²) in [5, 5.41) is 3.43. The molecule has 0 aromatic carbocycles. The molecule has 0 aromatic rings. The van der Waals surface area contributed by atoms with Crippen molar-refractivity contribution in [3.8, 4) is 0 Å². The van der Waals surface area contributed by atoms with Crippen LogP contribution in [-0.4, -0.2) is 42.0 Å². The number of rotatable bonds is 7. The summed E-state index contributed by atoms with van der Waals surface area (Å²) >= 11 is 0. The van der Waals surface area contributed by atoms with Gasteiger partial charge in [-0.3, -0.25) is 4.79 Å². The van der Waals surface area contributed by atoms with Crippen LogP contribution in [0.15, 0.2) is 0 Å². The van der Waals surface area contributed by atoms with Crippen molar-refractivity contribution in [2.24, 2.45) is 11.7 Å². The lowest BCUT2D eigenvalue weighted by atomic mass is 9.94. The van der Waals surface area contributed by atoms with Crippen LogP contribution in [0.3, 0.4) is 0 Å². The van der Waals surface area contributed by atoms with E-state index in [0.717, 1.165) is 25.3 Å². The SMILES string of the molecule is CC1CCCN(CCCC(C)(NC2CC2)C(N)=O)CC1. The molecule has 1 saturated carbocycles. The van der Waals surface area contributed by atoms with Gasteiger partial charge in [-0.25, -0.2) is 0 Å². The molecule has 1 saturated heterocycles. The molecular formula is C16H31N3O. The first-order valence-corrected chi connectivity index (χ1v) is 8.29. The van der Waals surface area contributed by atoms with E-state index in [9.17, 15) is 4.79 Å². The van der Waals surface area contributed by atoms with Crippen molar-refractivity contribution >= 4 is 5.91 Å². The van der Waals surface area contributed by atoms with E-state index < -0.39 is 5.54 Å². The van der Waals surface area contributed by atoms with Gasteiger partial charge in [-0.05, 0) is 77.4 Å². The fourth-order valence-electron chi connectivity index (χ4n) is 3.15. The molecule has 1 amide bonds. The maximum absolute atomic E-state index is 11.7. The minimum atomic E-state index is -0.514. The average molecular weight is 281 g/mol. The monoisotopic (exact) mass is 281 g/mol. The molecular weight excluding hydrogens is 250 g/mol. The Labute approximate surface area is 123 Å². The van der Waals surface area contributed by atoms with E-state index in [4.69, 9.17) is 5.73 Å². The number of primary amides is 1. The third kappa shape index (κ3) is 4.74. The lowest BCUT2D eigenvalue weighted by Gasteiger charge is -2.29. The van der Waals surface area contributed by atoms with E-state index >= 15 is 0 Å². The van der Waals surface area contributed by atoms with Crippen molar-refractivity contribution in [3.05, 3.63) is 0 Å².